The molecule has 1 rings (SSSR count). The van der Waals surface area contributed by atoms with Gasteiger partial charge in [0.15, 0.2) is 12.2 Å². The molecule has 0 fully saturated rings. The second kappa shape index (κ2) is 16.3. The molecule has 188 valence electrons. The summed E-state index contributed by atoms with van der Waals surface area (Å²) in [6.07, 6.45) is 5.30. The van der Waals surface area contributed by atoms with Crippen LogP contribution in [0, 0.1) is 0 Å². The molecule has 0 saturated carbocycles. The van der Waals surface area contributed by atoms with Gasteiger partial charge in [0.25, 0.3) is 0 Å². The Balaban J connectivity index is 3.11. The van der Waals surface area contributed by atoms with Crippen LogP contribution in [0.1, 0.15) is 98.3 Å². The molecule has 4 unspecified atom stereocenters. The average molecular weight is 469 g/mol. The Morgan fingerprint density at radius 2 is 1.36 bits per heavy atom. The number of carbonyl (C=O) groups excluding carboxylic acids is 4. The highest BCUT2D eigenvalue weighted by atomic mass is 16.6. The van der Waals surface area contributed by atoms with Gasteiger partial charge in [0.1, 0.15) is 12.2 Å². The van der Waals surface area contributed by atoms with Crippen molar-refractivity contribution in [2.75, 3.05) is 0 Å². The van der Waals surface area contributed by atoms with E-state index < -0.39 is 42.3 Å². The fraction of sp³-hybridized carbons (Fsp3) is 0.760. The van der Waals surface area contributed by atoms with E-state index in [9.17, 15) is 19.2 Å². The normalized spacial score (nSPS) is 23.3. The molecule has 33 heavy (non-hydrogen) atoms. The summed E-state index contributed by atoms with van der Waals surface area (Å²) in [6, 6.07) is 0. The van der Waals surface area contributed by atoms with Crippen molar-refractivity contribution in [3.8, 4) is 0 Å². The van der Waals surface area contributed by atoms with E-state index >= 15 is 0 Å². The van der Waals surface area contributed by atoms with Crippen LogP contribution in [0.3, 0.4) is 0 Å². The highest BCUT2D eigenvalue weighted by Gasteiger charge is 2.32. The number of esters is 4. The predicted molar refractivity (Wildman–Crippen MR) is 122 cm³/mol. The first-order chi connectivity index (χ1) is 15.8. The van der Waals surface area contributed by atoms with E-state index in [4.69, 9.17) is 18.9 Å². The summed E-state index contributed by atoms with van der Waals surface area (Å²) >= 11 is 0. The fourth-order valence-corrected chi connectivity index (χ4v) is 3.30. The van der Waals surface area contributed by atoms with Gasteiger partial charge in [-0.05, 0) is 38.3 Å². The summed E-state index contributed by atoms with van der Waals surface area (Å²) in [4.78, 5) is 49.3. The molecule has 8 nitrogen and oxygen atoms in total. The first-order valence-corrected chi connectivity index (χ1v) is 12.2. The van der Waals surface area contributed by atoms with Crippen LogP contribution in [0.5, 0.6) is 0 Å². The van der Waals surface area contributed by atoms with Crippen molar-refractivity contribution in [3.05, 3.63) is 12.2 Å². The zero-order chi connectivity index (χ0) is 24.6. The van der Waals surface area contributed by atoms with E-state index in [0.29, 0.717) is 25.7 Å². The molecule has 0 bridgehead atoms. The summed E-state index contributed by atoms with van der Waals surface area (Å²) < 4.78 is 22.1. The fourth-order valence-electron chi connectivity index (χ4n) is 3.30. The SMILES string of the molecule is CCCCC(=O)OC1C=CC(OC(=O)CCCC)C(OC(=O)CCCC)CC(=O)OC(C)C1. The van der Waals surface area contributed by atoms with Crippen LogP contribution in [0.25, 0.3) is 0 Å². The maximum Gasteiger partial charge on any atom is 0.309 e. The molecule has 0 aromatic heterocycles. The third-order valence-corrected chi connectivity index (χ3v) is 5.18. The zero-order valence-corrected chi connectivity index (χ0v) is 20.5. The van der Waals surface area contributed by atoms with Crippen molar-refractivity contribution in [1.82, 2.24) is 0 Å². The third-order valence-electron chi connectivity index (χ3n) is 5.18. The van der Waals surface area contributed by atoms with E-state index in [1.165, 1.54) is 0 Å². The van der Waals surface area contributed by atoms with Crippen LogP contribution in [0.15, 0.2) is 12.2 Å². The minimum absolute atomic E-state index is 0.205. The minimum Gasteiger partial charge on any atom is -0.462 e. The molecule has 8 heteroatoms. The van der Waals surface area contributed by atoms with Gasteiger partial charge in [0.2, 0.25) is 0 Å². The zero-order valence-electron chi connectivity index (χ0n) is 20.5. The van der Waals surface area contributed by atoms with Crippen molar-refractivity contribution >= 4 is 23.9 Å². The molecule has 0 spiro atoms. The first-order valence-electron chi connectivity index (χ1n) is 12.2. The monoisotopic (exact) mass is 468 g/mol. The molecule has 0 N–H and O–H groups in total. The van der Waals surface area contributed by atoms with Crippen LogP contribution in [0.2, 0.25) is 0 Å². The largest absolute Gasteiger partial charge is 0.462 e. The number of cyclic esters (lactones) is 1. The highest BCUT2D eigenvalue weighted by Crippen LogP contribution is 2.20. The van der Waals surface area contributed by atoms with Crippen molar-refractivity contribution in [2.45, 2.75) is 123 Å². The standard InChI is InChI=1S/C25H40O8/c1-5-8-11-22(26)31-19-14-15-20(32-23(27)12-9-6-2)21(33-24(28)13-10-7-3)17-25(29)30-18(4)16-19/h14-15,18-21H,5-13,16-17H2,1-4H3. The molecular formula is C25H40O8. The van der Waals surface area contributed by atoms with Crippen LogP contribution in [-0.4, -0.2) is 48.3 Å². The molecule has 0 aliphatic carbocycles. The molecule has 1 heterocycles. The van der Waals surface area contributed by atoms with Gasteiger partial charge in [-0.2, -0.15) is 0 Å². The molecule has 1 aliphatic rings. The Hall–Kier alpha value is -2.38. The molecule has 1 aliphatic heterocycles. The number of hydrogen-bond acceptors (Lipinski definition) is 8. The maximum atomic E-state index is 12.5. The van der Waals surface area contributed by atoms with Gasteiger partial charge in [-0.15, -0.1) is 0 Å². The number of ether oxygens (including phenoxy) is 4. The van der Waals surface area contributed by atoms with Crippen LogP contribution < -0.4 is 0 Å². The van der Waals surface area contributed by atoms with Crippen molar-refractivity contribution < 1.29 is 38.1 Å². The van der Waals surface area contributed by atoms with Gasteiger partial charge in [0.05, 0.1) is 6.42 Å². The number of carbonyl (C=O) groups is 4. The van der Waals surface area contributed by atoms with Gasteiger partial charge in [-0.25, -0.2) is 0 Å². The molecule has 0 saturated heterocycles. The van der Waals surface area contributed by atoms with E-state index in [-0.39, 0.29) is 31.7 Å². The predicted octanol–water partition coefficient (Wildman–Crippen LogP) is 4.57. The van der Waals surface area contributed by atoms with E-state index in [1.807, 2.05) is 20.8 Å². The first kappa shape index (κ1) is 28.7. The summed E-state index contributed by atoms with van der Waals surface area (Å²) in [5.74, 6) is -1.83. The molecular weight excluding hydrogens is 428 g/mol. The lowest BCUT2D eigenvalue weighted by molar-refractivity contribution is -0.171. The number of unbranched alkanes of at least 4 members (excludes halogenated alkanes) is 3. The van der Waals surface area contributed by atoms with Crippen LogP contribution >= 0.6 is 0 Å². The van der Waals surface area contributed by atoms with E-state index in [2.05, 4.69) is 0 Å². The van der Waals surface area contributed by atoms with Gasteiger partial charge in [-0.1, -0.05) is 40.0 Å². The second-order valence-corrected chi connectivity index (χ2v) is 8.45. The second-order valence-electron chi connectivity index (χ2n) is 8.45. The summed E-state index contributed by atoms with van der Waals surface area (Å²) in [5, 5.41) is 0. The average Bonchev–Trinajstić information content (AvgIpc) is 2.76. The van der Waals surface area contributed by atoms with Gasteiger partial charge < -0.3 is 18.9 Å². The molecule has 0 aromatic carbocycles. The smallest absolute Gasteiger partial charge is 0.309 e. The Bertz CT molecular complexity index is 657. The molecule has 0 radical (unpaired) electrons. The van der Waals surface area contributed by atoms with Gasteiger partial charge in [0, 0.05) is 25.7 Å². The Morgan fingerprint density at radius 1 is 0.848 bits per heavy atom. The maximum absolute atomic E-state index is 12.5. The topological polar surface area (TPSA) is 105 Å². The van der Waals surface area contributed by atoms with Crippen LogP contribution in [-0.2, 0) is 38.1 Å². The molecule has 0 aromatic rings. The number of hydrogen-bond donors (Lipinski definition) is 0. The summed E-state index contributed by atoms with van der Waals surface area (Å²) in [5.41, 5.74) is 0. The van der Waals surface area contributed by atoms with Gasteiger partial charge >= 0.3 is 23.9 Å². The lowest BCUT2D eigenvalue weighted by Gasteiger charge is -2.27. The Morgan fingerprint density at radius 3 is 1.91 bits per heavy atom. The number of rotatable bonds is 12. The van der Waals surface area contributed by atoms with Crippen molar-refractivity contribution in [2.24, 2.45) is 0 Å². The van der Waals surface area contributed by atoms with E-state index in [1.54, 1.807) is 19.1 Å². The van der Waals surface area contributed by atoms with E-state index in [0.717, 1.165) is 19.3 Å². The minimum atomic E-state index is -1.02. The summed E-state index contributed by atoms with van der Waals surface area (Å²) in [6.45, 7) is 7.62. The molecule has 4 atom stereocenters. The molecule has 0 amide bonds. The van der Waals surface area contributed by atoms with Crippen molar-refractivity contribution in [1.29, 1.82) is 0 Å². The lowest BCUT2D eigenvalue weighted by atomic mass is 10.0. The summed E-state index contributed by atoms with van der Waals surface area (Å²) in [7, 11) is 0. The Kier molecular flexibility index (Phi) is 14.1. The van der Waals surface area contributed by atoms with Crippen molar-refractivity contribution in [3.63, 3.8) is 0 Å². The quantitative estimate of drug-likeness (QED) is 0.233. The van der Waals surface area contributed by atoms with Crippen LogP contribution in [0.4, 0.5) is 0 Å². The highest BCUT2D eigenvalue weighted by molar-refractivity contribution is 5.74. The Labute approximate surface area is 197 Å². The van der Waals surface area contributed by atoms with Gasteiger partial charge in [-0.3, -0.25) is 19.2 Å². The third kappa shape index (κ3) is 12.4. The lowest BCUT2D eigenvalue weighted by Crippen LogP contribution is -2.38.